The minimum atomic E-state index is 0.0262. The van der Waals surface area contributed by atoms with Crippen LogP contribution in [0.15, 0.2) is 67.0 Å². The maximum atomic E-state index is 13.4. The van der Waals surface area contributed by atoms with E-state index in [0.29, 0.717) is 17.5 Å². The van der Waals surface area contributed by atoms with E-state index in [-0.39, 0.29) is 11.9 Å². The smallest absolute Gasteiger partial charge is 0.272 e. The second-order valence-electron chi connectivity index (χ2n) is 8.50. The van der Waals surface area contributed by atoms with Crippen LogP contribution in [0.25, 0.3) is 0 Å². The van der Waals surface area contributed by atoms with Gasteiger partial charge in [-0.3, -0.25) is 9.78 Å². The van der Waals surface area contributed by atoms with Gasteiger partial charge >= 0.3 is 0 Å². The molecule has 2 saturated heterocycles. The summed E-state index contributed by atoms with van der Waals surface area (Å²) >= 11 is 0. The average Bonchev–Trinajstić information content (AvgIpc) is 3.33. The number of aryl methyl sites for hydroxylation is 2. The number of hydrogen-bond acceptors (Lipinski definition) is 4. The first-order valence-electron chi connectivity index (χ1n) is 10.6. The molecule has 0 saturated carbocycles. The Morgan fingerprint density at radius 1 is 0.933 bits per heavy atom. The number of carbonyl (C=O) groups excluding carboxylic acids is 1. The van der Waals surface area contributed by atoms with Crippen LogP contribution in [0.2, 0.25) is 0 Å². The van der Waals surface area contributed by atoms with Gasteiger partial charge in [-0.05, 0) is 48.7 Å². The number of amides is 1. The molecule has 5 heteroatoms. The van der Waals surface area contributed by atoms with Crippen LogP contribution >= 0.6 is 0 Å². The highest BCUT2D eigenvalue weighted by atomic mass is 16.2. The van der Waals surface area contributed by atoms with E-state index < -0.39 is 0 Å². The minimum absolute atomic E-state index is 0.0262. The van der Waals surface area contributed by atoms with Gasteiger partial charge in [0.25, 0.3) is 5.91 Å². The summed E-state index contributed by atoms with van der Waals surface area (Å²) in [7, 11) is 0. The molecular formula is C25H26N4O. The van der Waals surface area contributed by atoms with Crippen molar-refractivity contribution in [3.05, 3.63) is 89.4 Å². The molecule has 2 aromatic heterocycles. The average molecular weight is 399 g/mol. The molecule has 1 amide bonds. The lowest BCUT2D eigenvalue weighted by Crippen LogP contribution is -2.36. The van der Waals surface area contributed by atoms with Crippen molar-refractivity contribution in [3.63, 3.8) is 0 Å². The summed E-state index contributed by atoms with van der Waals surface area (Å²) in [6, 6.07) is 18.3. The first-order valence-corrected chi connectivity index (χ1v) is 10.6. The molecule has 0 bridgehead atoms. The first kappa shape index (κ1) is 18.8. The maximum absolute atomic E-state index is 13.4. The lowest BCUT2D eigenvalue weighted by Gasteiger charge is -2.31. The van der Waals surface area contributed by atoms with Gasteiger partial charge in [-0.2, -0.15) is 0 Å². The molecule has 4 heterocycles. The molecule has 152 valence electrons. The molecule has 0 radical (unpaired) electrons. The number of pyridine rings is 2. The molecule has 0 spiro atoms. The highest BCUT2D eigenvalue weighted by Crippen LogP contribution is 2.46. The summed E-state index contributed by atoms with van der Waals surface area (Å²) in [6.07, 6.45) is 3.62. The molecule has 1 aromatic carbocycles. The van der Waals surface area contributed by atoms with Crippen molar-refractivity contribution < 1.29 is 4.79 Å². The van der Waals surface area contributed by atoms with Crippen LogP contribution in [0.3, 0.4) is 0 Å². The zero-order valence-corrected chi connectivity index (χ0v) is 17.4. The summed E-state index contributed by atoms with van der Waals surface area (Å²) < 4.78 is 0. The monoisotopic (exact) mass is 398 g/mol. The fraction of sp³-hybridized carbons (Fsp3) is 0.320. The molecule has 0 N–H and O–H groups in total. The third-order valence-electron chi connectivity index (χ3n) is 6.54. The normalized spacial score (nSPS) is 22.9. The Labute approximate surface area is 177 Å². The molecule has 0 unspecified atom stereocenters. The lowest BCUT2D eigenvalue weighted by atomic mass is 9.87. The fourth-order valence-corrected chi connectivity index (χ4v) is 5.04. The van der Waals surface area contributed by atoms with Crippen LogP contribution in [-0.2, 0) is 0 Å². The van der Waals surface area contributed by atoms with Crippen LogP contribution in [0, 0.1) is 25.7 Å². The van der Waals surface area contributed by atoms with Gasteiger partial charge in [0, 0.05) is 43.9 Å². The summed E-state index contributed by atoms with van der Waals surface area (Å²) in [6.45, 7) is 6.79. The van der Waals surface area contributed by atoms with E-state index >= 15 is 0 Å². The van der Waals surface area contributed by atoms with Gasteiger partial charge in [0.15, 0.2) is 0 Å². The number of rotatable bonds is 3. The van der Waals surface area contributed by atoms with Crippen LogP contribution in [0.4, 0.5) is 5.82 Å². The summed E-state index contributed by atoms with van der Waals surface area (Å²) in [5.41, 5.74) is 4.16. The van der Waals surface area contributed by atoms with Crippen molar-refractivity contribution in [2.75, 3.05) is 24.5 Å². The largest absolute Gasteiger partial charge is 0.356 e. The molecule has 3 aromatic rings. The standard InChI is InChI=1S/C25H26N4O/c1-17-10-11-23(27-13-17)28-14-19-15-29(25(30)22-9-5-6-12-26-22)24(21(19)16-28)20-8-4-3-7-18(20)2/h3-13,19,21,24H,14-16H2,1-2H3/t19-,21-,24+/m0/s1. The van der Waals surface area contributed by atoms with E-state index in [1.807, 2.05) is 24.4 Å². The molecule has 30 heavy (non-hydrogen) atoms. The molecule has 5 rings (SSSR count). The van der Waals surface area contributed by atoms with Crippen molar-refractivity contribution >= 4 is 11.7 Å². The van der Waals surface area contributed by atoms with E-state index in [1.54, 1.807) is 6.20 Å². The molecule has 2 aliphatic heterocycles. The zero-order valence-electron chi connectivity index (χ0n) is 17.4. The predicted octanol–water partition coefficient (Wildman–Crippen LogP) is 4.04. The van der Waals surface area contributed by atoms with Gasteiger partial charge in [0.05, 0.1) is 6.04 Å². The van der Waals surface area contributed by atoms with Gasteiger partial charge in [-0.15, -0.1) is 0 Å². The highest BCUT2D eigenvalue weighted by Gasteiger charge is 2.50. The van der Waals surface area contributed by atoms with Gasteiger partial charge < -0.3 is 9.80 Å². The summed E-state index contributed by atoms with van der Waals surface area (Å²) in [5, 5.41) is 0. The Kier molecular flexibility index (Phi) is 4.74. The third kappa shape index (κ3) is 3.24. The fourth-order valence-electron chi connectivity index (χ4n) is 5.04. The van der Waals surface area contributed by atoms with E-state index in [4.69, 9.17) is 0 Å². The predicted molar refractivity (Wildman–Crippen MR) is 117 cm³/mol. The van der Waals surface area contributed by atoms with E-state index in [9.17, 15) is 4.79 Å². The van der Waals surface area contributed by atoms with Crippen molar-refractivity contribution in [2.45, 2.75) is 19.9 Å². The van der Waals surface area contributed by atoms with Crippen molar-refractivity contribution in [1.82, 2.24) is 14.9 Å². The summed E-state index contributed by atoms with van der Waals surface area (Å²) in [4.78, 5) is 26.8. The number of nitrogens with zero attached hydrogens (tertiary/aromatic N) is 4. The van der Waals surface area contributed by atoms with Gasteiger partial charge in [0.2, 0.25) is 0 Å². The van der Waals surface area contributed by atoms with Gasteiger partial charge in [0.1, 0.15) is 11.5 Å². The number of carbonyl (C=O) groups is 1. The van der Waals surface area contributed by atoms with Crippen molar-refractivity contribution in [1.29, 1.82) is 0 Å². The Morgan fingerprint density at radius 2 is 1.77 bits per heavy atom. The summed E-state index contributed by atoms with van der Waals surface area (Å²) in [5.74, 6) is 1.85. The SMILES string of the molecule is Cc1ccc(N2C[C@H]3CN(C(=O)c4ccccn4)[C@H](c4ccccc4C)[C@H]3C2)nc1. The van der Waals surface area contributed by atoms with Crippen LogP contribution in [0.5, 0.6) is 0 Å². The topological polar surface area (TPSA) is 49.3 Å². The Hall–Kier alpha value is -3.21. The zero-order chi connectivity index (χ0) is 20.7. The second-order valence-corrected chi connectivity index (χ2v) is 8.50. The lowest BCUT2D eigenvalue weighted by molar-refractivity contribution is 0.0709. The van der Waals surface area contributed by atoms with E-state index in [2.05, 4.69) is 70.0 Å². The molecule has 0 aliphatic carbocycles. The van der Waals surface area contributed by atoms with Crippen LogP contribution in [0.1, 0.15) is 33.2 Å². The first-order chi connectivity index (χ1) is 14.6. The third-order valence-corrected chi connectivity index (χ3v) is 6.54. The molecule has 2 aliphatic rings. The molecular weight excluding hydrogens is 372 g/mol. The Morgan fingerprint density at radius 3 is 2.50 bits per heavy atom. The quantitative estimate of drug-likeness (QED) is 0.668. The van der Waals surface area contributed by atoms with Crippen LogP contribution in [-0.4, -0.2) is 40.4 Å². The minimum Gasteiger partial charge on any atom is -0.356 e. The molecule has 5 nitrogen and oxygen atoms in total. The number of aromatic nitrogens is 2. The molecule has 2 fully saturated rings. The maximum Gasteiger partial charge on any atom is 0.272 e. The highest BCUT2D eigenvalue weighted by molar-refractivity contribution is 5.93. The number of likely N-dealkylation sites (tertiary alicyclic amines) is 1. The van der Waals surface area contributed by atoms with E-state index in [0.717, 1.165) is 25.5 Å². The van der Waals surface area contributed by atoms with Crippen molar-refractivity contribution in [3.8, 4) is 0 Å². The number of fused-ring (bicyclic) bond motifs is 1. The number of anilines is 1. The second kappa shape index (κ2) is 7.56. The number of benzene rings is 1. The van der Waals surface area contributed by atoms with Gasteiger partial charge in [-0.1, -0.05) is 36.4 Å². The van der Waals surface area contributed by atoms with Crippen molar-refractivity contribution in [2.24, 2.45) is 11.8 Å². The Bertz CT molecular complexity index is 1050. The number of hydrogen-bond donors (Lipinski definition) is 0. The van der Waals surface area contributed by atoms with E-state index in [1.165, 1.54) is 16.7 Å². The van der Waals surface area contributed by atoms with Gasteiger partial charge in [-0.25, -0.2) is 4.98 Å². The molecule has 3 atom stereocenters. The van der Waals surface area contributed by atoms with Crippen LogP contribution < -0.4 is 4.90 Å². The Balaban J connectivity index is 1.48.